The second-order valence-corrected chi connectivity index (χ2v) is 6.39. The number of rotatable bonds is 2. The molecule has 100 valence electrons. The fourth-order valence-electron chi connectivity index (χ4n) is 2.11. The Morgan fingerprint density at radius 3 is 2.28 bits per heavy atom. The van der Waals surface area contributed by atoms with Crippen molar-refractivity contribution >= 4 is 0 Å². The van der Waals surface area contributed by atoms with E-state index in [0.717, 1.165) is 6.61 Å². The average molecular weight is 248 g/mol. The van der Waals surface area contributed by atoms with E-state index in [0.29, 0.717) is 0 Å². The molecule has 2 atom stereocenters. The van der Waals surface area contributed by atoms with Crippen molar-refractivity contribution in [2.75, 3.05) is 6.61 Å². The van der Waals surface area contributed by atoms with Crippen molar-refractivity contribution < 1.29 is 9.47 Å². The van der Waals surface area contributed by atoms with Crippen molar-refractivity contribution in [2.45, 2.75) is 52.4 Å². The van der Waals surface area contributed by atoms with Gasteiger partial charge in [0, 0.05) is 11.3 Å². The molecule has 1 aliphatic rings. The van der Waals surface area contributed by atoms with Crippen molar-refractivity contribution in [1.82, 2.24) is 0 Å². The molecule has 2 rings (SSSR count). The number of ether oxygens (including phenoxy) is 2. The summed E-state index contributed by atoms with van der Waals surface area (Å²) in [6.45, 7) is 11.6. The summed E-state index contributed by atoms with van der Waals surface area (Å²) in [5.41, 5.74) is 1.14. The molecule has 1 aromatic rings. The van der Waals surface area contributed by atoms with Crippen LogP contribution in [-0.2, 0) is 9.47 Å². The minimum Gasteiger partial charge on any atom is -0.351 e. The first-order valence-corrected chi connectivity index (χ1v) is 6.68. The predicted octanol–water partition coefficient (Wildman–Crippen LogP) is 3.97. The van der Waals surface area contributed by atoms with Crippen LogP contribution < -0.4 is 0 Å². The first kappa shape index (κ1) is 13.6. The van der Waals surface area contributed by atoms with Crippen molar-refractivity contribution in [1.29, 1.82) is 0 Å². The summed E-state index contributed by atoms with van der Waals surface area (Å²) in [5.74, 6) is 0.251. The van der Waals surface area contributed by atoms with Crippen molar-refractivity contribution in [3.63, 3.8) is 0 Å². The molecule has 0 amide bonds. The molecule has 1 saturated heterocycles. The number of hydrogen-bond donors (Lipinski definition) is 0. The van der Waals surface area contributed by atoms with Gasteiger partial charge in [-0.1, -0.05) is 51.1 Å². The average Bonchev–Trinajstić information content (AvgIpc) is 2.33. The van der Waals surface area contributed by atoms with E-state index in [-0.39, 0.29) is 23.2 Å². The highest BCUT2D eigenvalue weighted by molar-refractivity contribution is 5.19. The van der Waals surface area contributed by atoms with Crippen LogP contribution in [0.4, 0.5) is 0 Å². The molecule has 1 fully saturated rings. The van der Waals surface area contributed by atoms with Gasteiger partial charge in [-0.2, -0.15) is 0 Å². The molecular weight excluding hydrogens is 224 g/mol. The van der Waals surface area contributed by atoms with Crippen molar-refractivity contribution in [3.05, 3.63) is 35.9 Å². The zero-order valence-electron chi connectivity index (χ0n) is 12.1. The summed E-state index contributed by atoms with van der Waals surface area (Å²) >= 11 is 0. The maximum atomic E-state index is 6.18. The molecule has 0 bridgehead atoms. The van der Waals surface area contributed by atoms with E-state index in [9.17, 15) is 0 Å². The van der Waals surface area contributed by atoms with Gasteiger partial charge in [0.05, 0.1) is 12.2 Å². The van der Waals surface area contributed by atoms with E-state index in [2.05, 4.69) is 58.9 Å². The van der Waals surface area contributed by atoms with Gasteiger partial charge in [-0.05, 0) is 19.4 Å². The van der Waals surface area contributed by atoms with Crippen LogP contribution in [0.1, 0.15) is 46.1 Å². The Hall–Kier alpha value is -0.860. The third kappa shape index (κ3) is 2.45. The third-order valence-electron chi connectivity index (χ3n) is 4.38. The topological polar surface area (TPSA) is 18.5 Å². The largest absolute Gasteiger partial charge is 0.351 e. The Labute approximate surface area is 110 Å². The summed E-state index contributed by atoms with van der Waals surface area (Å²) in [5, 5.41) is 0. The van der Waals surface area contributed by atoms with E-state index in [1.54, 1.807) is 0 Å². The summed E-state index contributed by atoms with van der Waals surface area (Å²) in [4.78, 5) is 0. The normalized spacial score (nSPS) is 27.7. The van der Waals surface area contributed by atoms with Gasteiger partial charge in [0.25, 0.3) is 0 Å². The highest BCUT2D eigenvalue weighted by Crippen LogP contribution is 2.41. The van der Waals surface area contributed by atoms with Gasteiger partial charge >= 0.3 is 0 Å². The second-order valence-electron chi connectivity index (χ2n) is 6.39. The quantitative estimate of drug-likeness (QED) is 0.788. The first-order chi connectivity index (χ1) is 8.33. The zero-order chi connectivity index (χ0) is 13.4. The molecule has 0 N–H and O–H groups in total. The minimum atomic E-state index is -0.168. The molecule has 2 heteroatoms. The monoisotopic (exact) mass is 248 g/mol. The highest BCUT2D eigenvalue weighted by atomic mass is 16.7. The molecule has 18 heavy (non-hydrogen) atoms. The molecule has 0 saturated carbocycles. The van der Waals surface area contributed by atoms with Crippen LogP contribution >= 0.6 is 0 Å². The second kappa shape index (κ2) is 4.67. The molecule has 0 aromatic heterocycles. The number of hydrogen-bond acceptors (Lipinski definition) is 2. The van der Waals surface area contributed by atoms with Gasteiger partial charge in [0.15, 0.2) is 6.29 Å². The van der Waals surface area contributed by atoms with Crippen molar-refractivity contribution in [3.8, 4) is 0 Å². The Bertz CT molecular complexity index is 395. The van der Waals surface area contributed by atoms with Crippen LogP contribution in [0.15, 0.2) is 30.3 Å². The Morgan fingerprint density at radius 2 is 1.72 bits per heavy atom. The lowest BCUT2D eigenvalue weighted by molar-refractivity contribution is -0.301. The smallest absolute Gasteiger partial charge is 0.164 e. The zero-order valence-corrected chi connectivity index (χ0v) is 12.1. The molecule has 0 radical (unpaired) electrons. The van der Waals surface area contributed by atoms with Gasteiger partial charge in [0.2, 0.25) is 0 Å². The van der Waals surface area contributed by atoms with Crippen LogP contribution in [-0.4, -0.2) is 18.5 Å². The van der Waals surface area contributed by atoms with Gasteiger partial charge in [-0.25, -0.2) is 0 Å². The van der Waals surface area contributed by atoms with Crippen LogP contribution in [0.2, 0.25) is 0 Å². The van der Waals surface area contributed by atoms with E-state index in [1.807, 2.05) is 6.07 Å². The molecule has 1 aromatic carbocycles. The summed E-state index contributed by atoms with van der Waals surface area (Å²) in [6.07, 6.45) is -0.157. The maximum Gasteiger partial charge on any atom is 0.164 e. The Morgan fingerprint density at radius 1 is 1.11 bits per heavy atom. The summed E-state index contributed by atoms with van der Waals surface area (Å²) in [7, 11) is 0. The van der Waals surface area contributed by atoms with Crippen LogP contribution in [0, 0.1) is 5.41 Å². The molecule has 0 aliphatic carbocycles. The molecular formula is C16H24O2. The lowest BCUT2D eigenvalue weighted by Gasteiger charge is -2.49. The van der Waals surface area contributed by atoms with E-state index in [1.165, 1.54) is 5.56 Å². The summed E-state index contributed by atoms with van der Waals surface area (Å²) < 4.78 is 12.1. The van der Waals surface area contributed by atoms with Crippen molar-refractivity contribution in [2.24, 2.45) is 5.41 Å². The minimum absolute atomic E-state index is 0.0416. The van der Waals surface area contributed by atoms with Gasteiger partial charge in [0.1, 0.15) is 0 Å². The SMILES string of the molecule is CC(c1ccccc1)C1OCC(C)(C)C(C)(C)O1. The summed E-state index contributed by atoms with van der Waals surface area (Å²) in [6, 6.07) is 10.4. The molecule has 1 heterocycles. The molecule has 1 aliphatic heterocycles. The number of benzene rings is 1. The van der Waals surface area contributed by atoms with E-state index < -0.39 is 0 Å². The van der Waals surface area contributed by atoms with E-state index in [4.69, 9.17) is 9.47 Å². The van der Waals surface area contributed by atoms with Gasteiger partial charge in [-0.3, -0.25) is 0 Å². The van der Waals surface area contributed by atoms with Crippen LogP contribution in [0.25, 0.3) is 0 Å². The van der Waals surface area contributed by atoms with Gasteiger partial charge in [-0.15, -0.1) is 0 Å². The lowest BCUT2D eigenvalue weighted by Crippen LogP contribution is -2.53. The predicted molar refractivity (Wildman–Crippen MR) is 73.5 cm³/mol. The third-order valence-corrected chi connectivity index (χ3v) is 4.38. The van der Waals surface area contributed by atoms with Crippen LogP contribution in [0.3, 0.4) is 0 Å². The molecule has 0 spiro atoms. The maximum absolute atomic E-state index is 6.18. The highest BCUT2D eigenvalue weighted by Gasteiger charge is 2.45. The molecule has 2 nitrogen and oxygen atoms in total. The van der Waals surface area contributed by atoms with Gasteiger partial charge < -0.3 is 9.47 Å². The standard InChI is InChI=1S/C16H24O2/c1-12(13-9-7-6-8-10-13)14-17-11-15(2,3)16(4,5)18-14/h6-10,12,14H,11H2,1-5H3. The fourth-order valence-corrected chi connectivity index (χ4v) is 2.11. The Balaban J connectivity index is 2.13. The van der Waals surface area contributed by atoms with Crippen LogP contribution in [0.5, 0.6) is 0 Å². The lowest BCUT2D eigenvalue weighted by atomic mass is 9.76. The fraction of sp³-hybridized carbons (Fsp3) is 0.625. The molecule has 2 unspecified atom stereocenters. The Kier molecular flexibility index (Phi) is 3.52. The van der Waals surface area contributed by atoms with E-state index >= 15 is 0 Å². The first-order valence-electron chi connectivity index (χ1n) is 6.68.